The van der Waals surface area contributed by atoms with E-state index in [-0.39, 0.29) is 11.7 Å². The van der Waals surface area contributed by atoms with Gasteiger partial charge in [-0.15, -0.1) is 0 Å². The first kappa shape index (κ1) is 21.6. The number of anilines is 1. The number of nitrogens with zero attached hydrogens (tertiary/aromatic N) is 3. The van der Waals surface area contributed by atoms with Crippen molar-refractivity contribution >= 4 is 41.1 Å². The van der Waals surface area contributed by atoms with Crippen molar-refractivity contribution in [3.63, 3.8) is 0 Å². The number of carbonyl (C=O) groups excluding carboxylic acids is 3. The standard InChI is InChI=1S/C27H20ClN3O4/c1-35-19-12-6-15(7-13-19)25(32)24-22-21(23-20-5-3-2-4-16(20)14-29-31(23)24)26(33)30(27(22)34)18-10-8-17(28)9-11-18/h2-14,21-24H,1H3/t21-,22+,23+,24-/m0/s1. The molecule has 174 valence electrons. The molecule has 3 aromatic rings. The SMILES string of the molecule is COc1ccc(C(=O)[C@@H]2[C@@H]3C(=O)N(c4ccc(Cl)cc4)C(=O)[C@@H]3[C@H]3c4ccccc4C=NN23)cc1. The monoisotopic (exact) mass is 485 g/mol. The van der Waals surface area contributed by atoms with Crippen LogP contribution in [0.25, 0.3) is 0 Å². The molecule has 0 unspecified atom stereocenters. The lowest BCUT2D eigenvalue weighted by molar-refractivity contribution is -0.124. The number of halogens is 1. The molecule has 3 aliphatic heterocycles. The molecule has 7 nitrogen and oxygen atoms in total. The molecule has 4 atom stereocenters. The number of hydrogen-bond acceptors (Lipinski definition) is 6. The molecule has 0 saturated carbocycles. The second kappa shape index (κ2) is 8.06. The predicted molar refractivity (Wildman–Crippen MR) is 131 cm³/mol. The number of ketones is 1. The van der Waals surface area contributed by atoms with E-state index in [9.17, 15) is 14.4 Å². The van der Waals surface area contributed by atoms with E-state index in [2.05, 4.69) is 5.10 Å². The molecule has 0 aliphatic carbocycles. The van der Waals surface area contributed by atoms with Crippen molar-refractivity contribution in [1.29, 1.82) is 0 Å². The number of fused-ring (bicyclic) bond motifs is 5. The molecule has 0 spiro atoms. The maximum atomic E-state index is 13.8. The van der Waals surface area contributed by atoms with E-state index in [0.717, 1.165) is 11.1 Å². The van der Waals surface area contributed by atoms with Crippen LogP contribution in [-0.2, 0) is 9.59 Å². The van der Waals surface area contributed by atoms with E-state index >= 15 is 0 Å². The number of imide groups is 1. The van der Waals surface area contributed by atoms with Gasteiger partial charge in [0.05, 0.1) is 36.9 Å². The summed E-state index contributed by atoms with van der Waals surface area (Å²) in [6.07, 6.45) is 1.69. The molecular formula is C27H20ClN3O4. The third-order valence-corrected chi connectivity index (χ3v) is 7.27. The van der Waals surface area contributed by atoms with Crippen molar-refractivity contribution in [2.24, 2.45) is 16.9 Å². The Morgan fingerprint density at radius 1 is 0.914 bits per heavy atom. The lowest BCUT2D eigenvalue weighted by atomic mass is 9.83. The summed E-state index contributed by atoms with van der Waals surface area (Å²) < 4.78 is 5.21. The van der Waals surface area contributed by atoms with Crippen molar-refractivity contribution in [1.82, 2.24) is 5.01 Å². The summed E-state index contributed by atoms with van der Waals surface area (Å²) in [5.74, 6) is -2.01. The van der Waals surface area contributed by atoms with Gasteiger partial charge in [0.25, 0.3) is 0 Å². The van der Waals surface area contributed by atoms with Gasteiger partial charge in [0.15, 0.2) is 5.78 Å². The van der Waals surface area contributed by atoms with Crippen LogP contribution in [-0.4, -0.2) is 42.0 Å². The van der Waals surface area contributed by atoms with Crippen LogP contribution in [0.3, 0.4) is 0 Å². The van der Waals surface area contributed by atoms with Gasteiger partial charge in [-0.3, -0.25) is 19.4 Å². The first-order chi connectivity index (χ1) is 17.0. The smallest absolute Gasteiger partial charge is 0.240 e. The van der Waals surface area contributed by atoms with Crippen molar-refractivity contribution in [3.8, 4) is 5.75 Å². The number of methoxy groups -OCH3 is 1. The summed E-state index contributed by atoms with van der Waals surface area (Å²) in [7, 11) is 1.55. The molecular weight excluding hydrogens is 466 g/mol. The number of amides is 2. The van der Waals surface area contributed by atoms with Gasteiger partial charge in [-0.05, 0) is 59.7 Å². The number of rotatable bonds is 4. The van der Waals surface area contributed by atoms with Crippen LogP contribution in [0, 0.1) is 11.8 Å². The van der Waals surface area contributed by atoms with E-state index < -0.39 is 29.8 Å². The Morgan fingerprint density at radius 3 is 2.31 bits per heavy atom. The summed E-state index contributed by atoms with van der Waals surface area (Å²) in [6, 6.07) is 19.5. The Bertz CT molecular complexity index is 1390. The highest BCUT2D eigenvalue weighted by Gasteiger charge is 2.65. The fraction of sp³-hybridized carbons (Fsp3) is 0.185. The molecule has 3 aliphatic rings. The Labute approximate surface area is 206 Å². The number of Topliss-reactive ketones (excluding diaryl/α,β-unsaturated/α-hetero) is 1. The predicted octanol–water partition coefficient (Wildman–Crippen LogP) is 4.11. The van der Waals surface area contributed by atoms with Crippen LogP contribution in [0.1, 0.15) is 27.5 Å². The van der Waals surface area contributed by atoms with Gasteiger partial charge in [0.2, 0.25) is 11.8 Å². The minimum absolute atomic E-state index is 0.263. The number of carbonyl (C=O) groups is 3. The zero-order valence-corrected chi connectivity index (χ0v) is 19.4. The summed E-state index contributed by atoms with van der Waals surface area (Å²) >= 11 is 6.02. The van der Waals surface area contributed by atoms with E-state index in [4.69, 9.17) is 16.3 Å². The fourth-order valence-corrected chi connectivity index (χ4v) is 5.57. The molecule has 6 rings (SSSR count). The average molecular weight is 486 g/mol. The van der Waals surface area contributed by atoms with Crippen molar-refractivity contribution in [3.05, 3.63) is 94.5 Å². The number of ether oxygens (including phenoxy) is 1. The topological polar surface area (TPSA) is 79.3 Å². The minimum atomic E-state index is -0.920. The van der Waals surface area contributed by atoms with E-state index in [0.29, 0.717) is 22.0 Å². The Hall–Kier alpha value is -3.97. The fourth-order valence-electron chi connectivity index (χ4n) is 5.44. The Kier molecular flexibility index (Phi) is 4.96. The average Bonchev–Trinajstić information content (AvgIpc) is 3.37. The first-order valence-electron chi connectivity index (χ1n) is 11.2. The third-order valence-electron chi connectivity index (χ3n) is 7.02. The molecule has 0 bridgehead atoms. The van der Waals surface area contributed by atoms with E-state index in [1.54, 1.807) is 66.9 Å². The van der Waals surface area contributed by atoms with Gasteiger partial charge >= 0.3 is 0 Å². The third kappa shape index (κ3) is 3.19. The van der Waals surface area contributed by atoms with Crippen LogP contribution in [0.15, 0.2) is 77.9 Å². The lowest BCUT2D eigenvalue weighted by Crippen LogP contribution is -2.44. The molecule has 2 fully saturated rings. The highest BCUT2D eigenvalue weighted by molar-refractivity contribution is 6.31. The summed E-state index contributed by atoms with van der Waals surface area (Å²) in [5, 5.41) is 6.73. The number of hydrogen-bond donors (Lipinski definition) is 0. The van der Waals surface area contributed by atoms with Crippen LogP contribution in [0.2, 0.25) is 5.02 Å². The molecule has 0 radical (unpaired) electrons. The molecule has 0 aromatic heterocycles. The molecule has 3 aromatic carbocycles. The maximum Gasteiger partial charge on any atom is 0.240 e. The molecule has 2 saturated heterocycles. The highest BCUT2D eigenvalue weighted by atomic mass is 35.5. The van der Waals surface area contributed by atoms with E-state index in [1.807, 2.05) is 24.3 Å². The van der Waals surface area contributed by atoms with Crippen molar-refractivity contribution in [2.45, 2.75) is 12.1 Å². The molecule has 0 N–H and O–H groups in total. The number of hydrazone groups is 1. The van der Waals surface area contributed by atoms with Crippen LogP contribution in [0.5, 0.6) is 5.75 Å². The zero-order chi connectivity index (χ0) is 24.3. The summed E-state index contributed by atoms with van der Waals surface area (Å²) in [5.41, 5.74) is 2.61. The van der Waals surface area contributed by atoms with Crippen LogP contribution >= 0.6 is 11.6 Å². The van der Waals surface area contributed by atoms with Crippen molar-refractivity contribution < 1.29 is 19.1 Å². The van der Waals surface area contributed by atoms with Crippen LogP contribution < -0.4 is 9.64 Å². The molecule has 8 heteroatoms. The van der Waals surface area contributed by atoms with Gasteiger partial charge in [-0.25, -0.2) is 4.90 Å². The minimum Gasteiger partial charge on any atom is -0.497 e. The summed E-state index contributed by atoms with van der Waals surface area (Å²) in [4.78, 5) is 42.6. The normalized spacial score (nSPS) is 24.3. The van der Waals surface area contributed by atoms with Gasteiger partial charge in [0, 0.05) is 10.6 Å². The molecule has 3 heterocycles. The molecule has 2 amide bonds. The highest BCUT2D eigenvalue weighted by Crippen LogP contribution is 2.53. The number of benzene rings is 3. The maximum absolute atomic E-state index is 13.8. The summed E-state index contributed by atoms with van der Waals surface area (Å²) in [6.45, 7) is 0. The van der Waals surface area contributed by atoms with Crippen LogP contribution in [0.4, 0.5) is 5.69 Å². The van der Waals surface area contributed by atoms with Gasteiger partial charge < -0.3 is 4.74 Å². The van der Waals surface area contributed by atoms with Gasteiger partial charge in [-0.1, -0.05) is 35.9 Å². The van der Waals surface area contributed by atoms with Gasteiger partial charge in [-0.2, -0.15) is 5.10 Å². The second-order valence-electron chi connectivity index (χ2n) is 8.78. The van der Waals surface area contributed by atoms with Gasteiger partial charge in [0.1, 0.15) is 11.8 Å². The molecule has 35 heavy (non-hydrogen) atoms. The van der Waals surface area contributed by atoms with Crippen molar-refractivity contribution in [2.75, 3.05) is 12.0 Å². The zero-order valence-electron chi connectivity index (χ0n) is 18.7. The quantitative estimate of drug-likeness (QED) is 0.410. The second-order valence-corrected chi connectivity index (χ2v) is 9.21. The van der Waals surface area contributed by atoms with E-state index in [1.165, 1.54) is 4.90 Å². The Morgan fingerprint density at radius 2 is 1.60 bits per heavy atom. The first-order valence-corrected chi connectivity index (χ1v) is 11.6. The lowest BCUT2D eigenvalue weighted by Gasteiger charge is -2.33. The largest absolute Gasteiger partial charge is 0.497 e. The Balaban J connectivity index is 1.47.